The molecule has 0 spiro atoms. The number of hydrogen-bond acceptors (Lipinski definition) is 2. The van der Waals surface area contributed by atoms with Crippen LogP contribution in [0.1, 0.15) is 47.5 Å². The fourth-order valence-corrected chi connectivity index (χ4v) is 2.72. The molecule has 0 radical (unpaired) electrons. The number of hydrogen-bond donors (Lipinski definition) is 1. The van der Waals surface area contributed by atoms with Gasteiger partial charge in [-0.15, -0.1) is 0 Å². The number of likely N-dealkylation sites (N-methyl/N-ethyl adjacent to an activating group) is 1. The summed E-state index contributed by atoms with van der Waals surface area (Å²) in [7, 11) is 2.05. The topological polar surface area (TPSA) is 21.3 Å². The molecule has 0 heterocycles. The Morgan fingerprint density at radius 2 is 1.73 bits per heavy atom. The van der Waals surface area contributed by atoms with Gasteiger partial charge in [0.2, 0.25) is 0 Å². The molecular formula is C13H27NO. The molecule has 15 heavy (non-hydrogen) atoms. The molecular weight excluding hydrogens is 186 g/mol. The molecule has 90 valence electrons. The summed E-state index contributed by atoms with van der Waals surface area (Å²) in [6, 6.07) is 0.517. The predicted molar refractivity (Wildman–Crippen MR) is 65.0 cm³/mol. The van der Waals surface area contributed by atoms with Crippen molar-refractivity contribution in [2.75, 3.05) is 7.05 Å². The number of nitrogens with one attached hydrogen (secondary N) is 1. The maximum Gasteiger partial charge on any atom is 0.0760 e. The Hall–Kier alpha value is -0.0800. The fourth-order valence-electron chi connectivity index (χ4n) is 2.72. The van der Waals surface area contributed by atoms with Crippen molar-refractivity contribution < 1.29 is 4.74 Å². The summed E-state index contributed by atoms with van der Waals surface area (Å²) >= 11 is 0. The zero-order valence-electron chi connectivity index (χ0n) is 11.1. The summed E-state index contributed by atoms with van der Waals surface area (Å²) in [5.74, 6) is 1.47. The van der Waals surface area contributed by atoms with E-state index in [1.807, 2.05) is 0 Å². The monoisotopic (exact) mass is 213 g/mol. The third-order valence-corrected chi connectivity index (χ3v) is 3.25. The maximum atomic E-state index is 6.18. The molecule has 1 fully saturated rings. The Labute approximate surface area is 94.8 Å². The summed E-state index contributed by atoms with van der Waals surface area (Å²) in [6.45, 7) is 11.1. The molecule has 0 aromatic heterocycles. The Kier molecular flexibility index (Phi) is 4.19. The van der Waals surface area contributed by atoms with Crippen molar-refractivity contribution in [1.29, 1.82) is 0 Å². The molecule has 4 unspecified atom stereocenters. The van der Waals surface area contributed by atoms with Crippen molar-refractivity contribution in [2.45, 2.75) is 65.2 Å². The van der Waals surface area contributed by atoms with Gasteiger partial charge in [-0.2, -0.15) is 0 Å². The van der Waals surface area contributed by atoms with Gasteiger partial charge in [-0.3, -0.25) is 0 Å². The fraction of sp³-hybridized carbons (Fsp3) is 1.00. The molecule has 0 amide bonds. The molecule has 1 rings (SSSR count). The van der Waals surface area contributed by atoms with Crippen LogP contribution < -0.4 is 5.32 Å². The van der Waals surface area contributed by atoms with Crippen LogP contribution in [0.15, 0.2) is 0 Å². The minimum absolute atomic E-state index is 0.0331. The van der Waals surface area contributed by atoms with Gasteiger partial charge in [-0.1, -0.05) is 13.8 Å². The molecule has 0 saturated heterocycles. The van der Waals surface area contributed by atoms with E-state index in [1.165, 1.54) is 12.8 Å². The first-order chi connectivity index (χ1) is 6.83. The van der Waals surface area contributed by atoms with Crippen LogP contribution in [0, 0.1) is 11.8 Å². The Balaban J connectivity index is 2.66. The second kappa shape index (κ2) is 4.84. The molecule has 2 nitrogen and oxygen atoms in total. The van der Waals surface area contributed by atoms with Crippen molar-refractivity contribution in [3.63, 3.8) is 0 Å². The van der Waals surface area contributed by atoms with Crippen LogP contribution in [0.3, 0.4) is 0 Å². The van der Waals surface area contributed by atoms with Crippen LogP contribution >= 0.6 is 0 Å². The first kappa shape index (κ1) is 13.0. The molecule has 1 aliphatic rings. The lowest BCUT2D eigenvalue weighted by atomic mass is 9.78. The van der Waals surface area contributed by atoms with E-state index in [0.717, 1.165) is 5.92 Å². The molecule has 1 saturated carbocycles. The van der Waals surface area contributed by atoms with Gasteiger partial charge in [0, 0.05) is 6.04 Å². The molecule has 4 atom stereocenters. The zero-order chi connectivity index (χ0) is 11.6. The van der Waals surface area contributed by atoms with Gasteiger partial charge in [0.05, 0.1) is 11.7 Å². The average molecular weight is 213 g/mol. The van der Waals surface area contributed by atoms with Gasteiger partial charge in [-0.25, -0.2) is 0 Å². The van der Waals surface area contributed by atoms with E-state index < -0.39 is 0 Å². The first-order valence-corrected chi connectivity index (χ1v) is 6.18. The molecule has 0 bridgehead atoms. The first-order valence-electron chi connectivity index (χ1n) is 6.18. The number of ether oxygens (including phenoxy) is 1. The minimum Gasteiger partial charge on any atom is -0.371 e. The van der Waals surface area contributed by atoms with Crippen molar-refractivity contribution in [3.8, 4) is 0 Å². The molecule has 1 aliphatic carbocycles. The van der Waals surface area contributed by atoms with E-state index in [9.17, 15) is 0 Å². The smallest absolute Gasteiger partial charge is 0.0760 e. The molecule has 0 aliphatic heterocycles. The van der Waals surface area contributed by atoms with Crippen molar-refractivity contribution >= 4 is 0 Å². The van der Waals surface area contributed by atoms with Crippen molar-refractivity contribution in [1.82, 2.24) is 5.32 Å². The highest BCUT2D eigenvalue weighted by Gasteiger charge is 2.36. The molecule has 1 N–H and O–H groups in total. The van der Waals surface area contributed by atoms with E-state index >= 15 is 0 Å². The van der Waals surface area contributed by atoms with Gasteiger partial charge in [0.15, 0.2) is 0 Å². The van der Waals surface area contributed by atoms with Crippen LogP contribution in [-0.2, 0) is 4.74 Å². The third kappa shape index (κ3) is 3.76. The van der Waals surface area contributed by atoms with Crippen LogP contribution in [0.25, 0.3) is 0 Å². The molecule has 2 heteroatoms. The van der Waals surface area contributed by atoms with Gasteiger partial charge in [0.25, 0.3) is 0 Å². The Morgan fingerprint density at radius 3 is 2.20 bits per heavy atom. The van der Waals surface area contributed by atoms with Crippen LogP contribution in [0.2, 0.25) is 0 Å². The molecule has 0 aromatic carbocycles. The molecule has 0 aromatic rings. The van der Waals surface area contributed by atoms with E-state index in [0.29, 0.717) is 18.1 Å². The quantitative estimate of drug-likeness (QED) is 0.761. The minimum atomic E-state index is -0.0331. The second-order valence-corrected chi connectivity index (χ2v) is 6.14. The summed E-state index contributed by atoms with van der Waals surface area (Å²) in [5, 5.41) is 3.41. The van der Waals surface area contributed by atoms with Gasteiger partial charge in [0.1, 0.15) is 0 Å². The van der Waals surface area contributed by atoms with E-state index in [4.69, 9.17) is 4.74 Å². The zero-order valence-corrected chi connectivity index (χ0v) is 11.1. The third-order valence-electron chi connectivity index (χ3n) is 3.25. The summed E-state index contributed by atoms with van der Waals surface area (Å²) in [5.41, 5.74) is -0.0331. The Bertz CT molecular complexity index is 197. The van der Waals surface area contributed by atoms with Crippen LogP contribution in [0.4, 0.5) is 0 Å². The van der Waals surface area contributed by atoms with E-state index in [1.54, 1.807) is 0 Å². The van der Waals surface area contributed by atoms with Crippen molar-refractivity contribution in [2.24, 2.45) is 11.8 Å². The SMILES string of the molecule is CNC1CC(C)CC(C)C1OC(C)(C)C. The van der Waals surface area contributed by atoms with Crippen molar-refractivity contribution in [3.05, 3.63) is 0 Å². The lowest BCUT2D eigenvalue weighted by molar-refractivity contribution is -0.113. The van der Waals surface area contributed by atoms with Gasteiger partial charge < -0.3 is 10.1 Å². The second-order valence-electron chi connectivity index (χ2n) is 6.14. The summed E-state index contributed by atoms with van der Waals surface area (Å²) < 4.78 is 6.18. The van der Waals surface area contributed by atoms with Gasteiger partial charge >= 0.3 is 0 Å². The van der Waals surface area contributed by atoms with E-state index in [-0.39, 0.29) is 5.60 Å². The Morgan fingerprint density at radius 1 is 1.13 bits per heavy atom. The van der Waals surface area contributed by atoms with E-state index in [2.05, 4.69) is 47.0 Å². The summed E-state index contributed by atoms with van der Waals surface area (Å²) in [4.78, 5) is 0. The van der Waals surface area contributed by atoms with Crippen LogP contribution in [0.5, 0.6) is 0 Å². The lowest BCUT2D eigenvalue weighted by Gasteiger charge is -2.42. The predicted octanol–water partition coefficient (Wildman–Crippen LogP) is 2.82. The normalized spacial score (nSPS) is 38.0. The highest BCUT2D eigenvalue weighted by Crippen LogP contribution is 2.33. The average Bonchev–Trinajstić information content (AvgIpc) is 2.07. The highest BCUT2D eigenvalue weighted by atomic mass is 16.5. The lowest BCUT2D eigenvalue weighted by Crippen LogP contribution is -2.50. The number of rotatable bonds is 2. The van der Waals surface area contributed by atoms with Gasteiger partial charge in [-0.05, 0) is 52.5 Å². The maximum absolute atomic E-state index is 6.18. The highest BCUT2D eigenvalue weighted by molar-refractivity contribution is 4.89. The summed E-state index contributed by atoms with van der Waals surface area (Å²) in [6.07, 6.45) is 2.90. The van der Waals surface area contributed by atoms with Crippen LogP contribution in [-0.4, -0.2) is 24.8 Å². The largest absolute Gasteiger partial charge is 0.371 e. The standard InChI is InChI=1S/C13H27NO/c1-9-7-10(2)12(11(8-9)14-6)15-13(3,4)5/h9-12,14H,7-8H2,1-6H3.